The molecule has 1 saturated heterocycles. The summed E-state index contributed by atoms with van der Waals surface area (Å²) in [4.78, 5) is 12.8. The molecule has 2 aromatic rings. The Morgan fingerprint density at radius 3 is 2.24 bits per heavy atom. The molecule has 0 saturated carbocycles. The van der Waals surface area contributed by atoms with Crippen LogP contribution in [0.2, 0.25) is 0 Å². The van der Waals surface area contributed by atoms with E-state index in [4.69, 9.17) is 9.47 Å². The van der Waals surface area contributed by atoms with E-state index in [1.54, 1.807) is 31.4 Å². The standard InChI is InChI=1S/C26H34N2O5S/c1-26(2,3)20-11-13-22(32-4)21(18-20)27-25(29)14-10-19-9-12-23(33-5)24(17-19)34(30,31)28-15-7-6-8-16-28/h9-14,17-18H,6-8,15-16H2,1-5H3,(H,27,29)/b14-10+. The molecule has 1 aliphatic rings. The van der Waals surface area contributed by atoms with Gasteiger partial charge in [-0.25, -0.2) is 8.42 Å². The topological polar surface area (TPSA) is 84.9 Å². The highest BCUT2D eigenvalue weighted by molar-refractivity contribution is 7.89. The normalized spacial score (nSPS) is 15.3. The molecule has 0 radical (unpaired) electrons. The molecule has 2 aromatic carbocycles. The van der Waals surface area contributed by atoms with Crippen LogP contribution in [0.1, 0.15) is 51.2 Å². The molecule has 7 nitrogen and oxygen atoms in total. The first-order valence-electron chi connectivity index (χ1n) is 11.4. The molecule has 1 amide bonds. The minimum atomic E-state index is -3.68. The Morgan fingerprint density at radius 2 is 1.62 bits per heavy atom. The van der Waals surface area contributed by atoms with Crippen LogP contribution in [0.4, 0.5) is 5.69 Å². The van der Waals surface area contributed by atoms with E-state index in [1.807, 2.05) is 18.2 Å². The molecule has 34 heavy (non-hydrogen) atoms. The smallest absolute Gasteiger partial charge is 0.248 e. The summed E-state index contributed by atoms with van der Waals surface area (Å²) in [7, 11) is -0.679. The second-order valence-corrected chi connectivity index (χ2v) is 11.3. The van der Waals surface area contributed by atoms with Crippen molar-refractivity contribution in [2.75, 3.05) is 32.6 Å². The second-order valence-electron chi connectivity index (χ2n) is 9.36. The third kappa shape index (κ3) is 5.98. The van der Waals surface area contributed by atoms with Crippen LogP contribution in [0.15, 0.2) is 47.4 Å². The summed E-state index contributed by atoms with van der Waals surface area (Å²) in [5, 5.41) is 2.86. The maximum absolute atomic E-state index is 13.2. The molecular weight excluding hydrogens is 452 g/mol. The summed E-state index contributed by atoms with van der Waals surface area (Å²) < 4.78 is 38.6. The van der Waals surface area contributed by atoms with Crippen molar-refractivity contribution >= 4 is 27.7 Å². The number of piperidine rings is 1. The van der Waals surface area contributed by atoms with Crippen LogP contribution in [0.5, 0.6) is 11.5 Å². The Bertz CT molecular complexity index is 1160. The fourth-order valence-corrected chi connectivity index (χ4v) is 5.57. The number of ether oxygens (including phenoxy) is 2. The molecule has 0 bridgehead atoms. The molecule has 3 rings (SSSR count). The van der Waals surface area contributed by atoms with Gasteiger partial charge in [0.15, 0.2) is 0 Å². The van der Waals surface area contributed by atoms with Crippen LogP contribution >= 0.6 is 0 Å². The number of carbonyl (C=O) groups excluding carboxylic acids is 1. The molecule has 184 valence electrons. The lowest BCUT2D eigenvalue weighted by molar-refractivity contribution is -0.111. The fourth-order valence-electron chi connectivity index (χ4n) is 3.86. The third-order valence-corrected chi connectivity index (χ3v) is 7.79. The van der Waals surface area contributed by atoms with Crippen molar-refractivity contribution in [1.82, 2.24) is 4.31 Å². The van der Waals surface area contributed by atoms with Gasteiger partial charge in [-0.2, -0.15) is 4.31 Å². The maximum atomic E-state index is 13.2. The van der Waals surface area contributed by atoms with Gasteiger partial charge >= 0.3 is 0 Å². The number of carbonyl (C=O) groups is 1. The highest BCUT2D eigenvalue weighted by Gasteiger charge is 2.29. The predicted octanol–water partition coefficient (Wildman–Crippen LogP) is 4.83. The molecule has 0 aliphatic carbocycles. The van der Waals surface area contributed by atoms with Gasteiger partial charge < -0.3 is 14.8 Å². The average Bonchev–Trinajstić information content (AvgIpc) is 2.82. The van der Waals surface area contributed by atoms with Gasteiger partial charge in [-0.1, -0.05) is 39.3 Å². The van der Waals surface area contributed by atoms with Gasteiger partial charge in [-0.15, -0.1) is 0 Å². The molecule has 1 heterocycles. The SMILES string of the molecule is COc1ccc(C(C)(C)C)cc1NC(=O)/C=C/c1ccc(OC)c(S(=O)(=O)N2CCCCC2)c1. The van der Waals surface area contributed by atoms with E-state index in [1.165, 1.54) is 17.5 Å². The van der Waals surface area contributed by atoms with Gasteiger partial charge in [0.05, 0.1) is 19.9 Å². The lowest BCUT2D eigenvalue weighted by Gasteiger charge is -2.26. The largest absolute Gasteiger partial charge is 0.495 e. The van der Waals surface area contributed by atoms with E-state index in [9.17, 15) is 13.2 Å². The number of hydrogen-bond acceptors (Lipinski definition) is 5. The van der Waals surface area contributed by atoms with Crippen molar-refractivity contribution in [3.05, 3.63) is 53.6 Å². The summed E-state index contributed by atoms with van der Waals surface area (Å²) in [5.41, 5.74) is 2.14. The summed E-state index contributed by atoms with van der Waals surface area (Å²) in [6, 6.07) is 10.6. The van der Waals surface area contributed by atoms with Crippen LogP contribution in [0, 0.1) is 0 Å². The Kier molecular flexibility index (Phi) is 8.05. The summed E-state index contributed by atoms with van der Waals surface area (Å²) in [6.45, 7) is 7.30. The van der Waals surface area contributed by atoms with Crippen molar-refractivity contribution < 1.29 is 22.7 Å². The Hall–Kier alpha value is -2.84. The number of hydrogen-bond donors (Lipinski definition) is 1. The molecule has 1 aliphatic heterocycles. The molecule has 1 N–H and O–H groups in total. The minimum Gasteiger partial charge on any atom is -0.495 e. The summed E-state index contributed by atoms with van der Waals surface area (Å²) in [5.74, 6) is 0.505. The summed E-state index contributed by atoms with van der Waals surface area (Å²) in [6.07, 6.45) is 5.69. The number of sulfonamides is 1. The number of nitrogens with one attached hydrogen (secondary N) is 1. The monoisotopic (exact) mass is 486 g/mol. The summed E-state index contributed by atoms with van der Waals surface area (Å²) >= 11 is 0. The van der Waals surface area contributed by atoms with Crippen LogP contribution in [0.25, 0.3) is 6.08 Å². The number of amides is 1. The minimum absolute atomic E-state index is 0.0824. The zero-order valence-electron chi connectivity index (χ0n) is 20.6. The number of nitrogens with zero attached hydrogens (tertiary/aromatic N) is 1. The van der Waals surface area contributed by atoms with E-state index in [0.29, 0.717) is 30.1 Å². The van der Waals surface area contributed by atoms with E-state index >= 15 is 0 Å². The average molecular weight is 487 g/mol. The highest BCUT2D eigenvalue weighted by Crippen LogP contribution is 2.32. The Balaban J connectivity index is 1.83. The van der Waals surface area contributed by atoms with E-state index in [2.05, 4.69) is 26.1 Å². The maximum Gasteiger partial charge on any atom is 0.248 e. The van der Waals surface area contributed by atoms with Crippen molar-refractivity contribution in [3.63, 3.8) is 0 Å². The first kappa shape index (κ1) is 25.8. The van der Waals surface area contributed by atoms with Crippen LogP contribution in [-0.2, 0) is 20.2 Å². The lowest BCUT2D eigenvalue weighted by atomic mass is 9.87. The first-order chi connectivity index (χ1) is 16.1. The molecule has 0 aromatic heterocycles. The van der Waals surface area contributed by atoms with Crippen LogP contribution in [-0.4, -0.2) is 45.9 Å². The fraction of sp³-hybridized carbons (Fsp3) is 0.423. The zero-order valence-corrected chi connectivity index (χ0v) is 21.4. The Labute approximate surface area is 202 Å². The molecule has 0 unspecified atom stereocenters. The van der Waals surface area contributed by atoms with E-state index in [0.717, 1.165) is 24.8 Å². The molecular formula is C26H34N2O5S. The third-order valence-electron chi connectivity index (χ3n) is 5.87. The molecule has 0 atom stereocenters. The van der Waals surface area contributed by atoms with Crippen LogP contribution < -0.4 is 14.8 Å². The number of anilines is 1. The predicted molar refractivity (Wildman–Crippen MR) is 135 cm³/mol. The van der Waals surface area contributed by atoms with E-state index in [-0.39, 0.29) is 22.0 Å². The Morgan fingerprint density at radius 1 is 0.971 bits per heavy atom. The van der Waals surface area contributed by atoms with Crippen molar-refractivity contribution in [1.29, 1.82) is 0 Å². The number of methoxy groups -OCH3 is 2. The molecule has 0 spiro atoms. The van der Waals surface area contributed by atoms with Gasteiger partial charge in [0.2, 0.25) is 15.9 Å². The number of benzene rings is 2. The van der Waals surface area contributed by atoms with Gasteiger partial charge in [0, 0.05) is 19.2 Å². The second kappa shape index (κ2) is 10.6. The molecule has 8 heteroatoms. The van der Waals surface area contributed by atoms with Crippen LogP contribution in [0.3, 0.4) is 0 Å². The van der Waals surface area contributed by atoms with Crippen molar-refractivity contribution in [2.24, 2.45) is 0 Å². The highest BCUT2D eigenvalue weighted by atomic mass is 32.2. The van der Waals surface area contributed by atoms with Gasteiger partial charge in [-0.05, 0) is 59.7 Å². The van der Waals surface area contributed by atoms with Gasteiger partial charge in [-0.3, -0.25) is 4.79 Å². The number of rotatable bonds is 7. The van der Waals surface area contributed by atoms with Crippen molar-refractivity contribution in [2.45, 2.75) is 50.3 Å². The van der Waals surface area contributed by atoms with Gasteiger partial charge in [0.1, 0.15) is 16.4 Å². The van der Waals surface area contributed by atoms with E-state index < -0.39 is 10.0 Å². The molecule has 1 fully saturated rings. The zero-order chi connectivity index (χ0) is 24.9. The first-order valence-corrected chi connectivity index (χ1v) is 12.9. The quantitative estimate of drug-likeness (QED) is 0.567. The van der Waals surface area contributed by atoms with Crippen molar-refractivity contribution in [3.8, 4) is 11.5 Å². The van der Waals surface area contributed by atoms with Gasteiger partial charge in [0.25, 0.3) is 0 Å². The lowest BCUT2D eigenvalue weighted by Crippen LogP contribution is -2.35.